The van der Waals surface area contributed by atoms with Crippen LogP contribution in [-0.4, -0.2) is 31.3 Å². The van der Waals surface area contributed by atoms with E-state index in [0.717, 1.165) is 104 Å². The van der Waals surface area contributed by atoms with Crippen molar-refractivity contribution in [1.82, 2.24) is 19.1 Å². The van der Waals surface area contributed by atoms with Crippen LogP contribution in [0.2, 0.25) is 0 Å². The van der Waals surface area contributed by atoms with Gasteiger partial charge in [0.15, 0.2) is 0 Å². The van der Waals surface area contributed by atoms with E-state index in [0.29, 0.717) is 0 Å². The van der Waals surface area contributed by atoms with Crippen LogP contribution in [0, 0.1) is 0 Å². The van der Waals surface area contributed by atoms with E-state index < -0.39 is 0 Å². The largest absolute Gasteiger partial charge is 0.497 e. The van der Waals surface area contributed by atoms with Crippen molar-refractivity contribution in [2.45, 2.75) is 6.61 Å². The Bertz CT molecular complexity index is 3740. The normalized spacial score (nSPS) is 12.0. The van der Waals surface area contributed by atoms with Crippen LogP contribution in [0.15, 0.2) is 182 Å². The number of nitrogens with zero attached hydrogens (tertiary/aromatic N) is 4. The zero-order valence-corrected chi connectivity index (χ0v) is 34.9. The number of aliphatic hydroxyl groups is 1. The highest BCUT2D eigenvalue weighted by molar-refractivity contribution is 7.20. The summed E-state index contributed by atoms with van der Waals surface area (Å²) in [6.07, 6.45) is 0. The van der Waals surface area contributed by atoms with E-state index in [1.165, 1.54) is 27.1 Å². The van der Waals surface area contributed by atoms with Gasteiger partial charge >= 0.3 is 0 Å². The molecular weight excluding hydrogens is 793 g/mol. The van der Waals surface area contributed by atoms with Crippen LogP contribution < -0.4 is 4.74 Å². The fourth-order valence-corrected chi connectivity index (χ4v) is 11.0. The molecule has 0 bridgehead atoms. The minimum atomic E-state index is -0.0576. The Morgan fingerprint density at radius 1 is 0.429 bits per heavy atom. The molecule has 0 aliphatic heterocycles. The maximum Gasteiger partial charge on any atom is 0.119 e. The van der Waals surface area contributed by atoms with Crippen LogP contribution in [0.5, 0.6) is 5.75 Å². The number of ether oxygens (including phenoxy) is 1. The third-order valence-electron chi connectivity index (χ3n) is 12.7. The Hall–Kier alpha value is -7.84. The SMILES string of the molecule is COc1ccc2c(c1)c1cc(CO)ccc1c1nc3c(-c4ccc5c6ccccc6n(-c6ccccc6)c5c4)sc(-c4ccc5c6ccccc6n(-c6ccccc6)c5c4)c3nc21. The molecule has 0 saturated heterocycles. The number of rotatable bonds is 6. The van der Waals surface area contributed by atoms with Gasteiger partial charge < -0.3 is 19.0 Å². The standard InChI is InChI=1S/C56H36N4O2S/c1-62-38-23-27-44-46(31-38)45-28-33(32-61)20-24-43(45)51-52(44)58-54-53(57-51)55(34-21-25-41-39-16-8-10-18-47(39)59(49(41)29-34)36-12-4-2-5-13-36)63-56(54)35-22-26-42-40-17-9-11-19-48(40)60(50(42)30-35)37-14-6-3-7-15-37/h2-31,61H,32H2,1H3. The average Bonchev–Trinajstić information content (AvgIpc) is 4.01. The number of aliphatic hydroxyl groups excluding tert-OH is 1. The molecule has 63 heavy (non-hydrogen) atoms. The van der Waals surface area contributed by atoms with Gasteiger partial charge in [-0.1, -0.05) is 109 Å². The second kappa shape index (κ2) is 13.8. The molecule has 0 radical (unpaired) electrons. The summed E-state index contributed by atoms with van der Waals surface area (Å²) >= 11 is 1.75. The summed E-state index contributed by atoms with van der Waals surface area (Å²) in [6.45, 7) is -0.0576. The fourth-order valence-electron chi connectivity index (χ4n) is 9.85. The molecule has 0 fully saturated rings. The van der Waals surface area contributed by atoms with Crippen molar-refractivity contribution in [3.63, 3.8) is 0 Å². The van der Waals surface area contributed by atoms with Gasteiger partial charge in [-0.2, -0.15) is 0 Å². The van der Waals surface area contributed by atoms with Crippen LogP contribution in [-0.2, 0) is 6.61 Å². The molecule has 9 aromatic carbocycles. The predicted molar refractivity (Wildman–Crippen MR) is 262 cm³/mol. The molecule has 4 heterocycles. The highest BCUT2D eigenvalue weighted by Crippen LogP contribution is 2.47. The highest BCUT2D eigenvalue weighted by Gasteiger charge is 2.24. The first-order valence-corrected chi connectivity index (χ1v) is 21.9. The van der Waals surface area contributed by atoms with E-state index in [1.54, 1.807) is 18.4 Å². The van der Waals surface area contributed by atoms with Crippen LogP contribution in [0.3, 0.4) is 0 Å². The van der Waals surface area contributed by atoms with Gasteiger partial charge in [0.1, 0.15) is 16.8 Å². The van der Waals surface area contributed by atoms with Gasteiger partial charge in [-0.25, -0.2) is 9.97 Å². The molecule has 4 aromatic heterocycles. The third kappa shape index (κ3) is 5.34. The number of hydrogen-bond donors (Lipinski definition) is 1. The summed E-state index contributed by atoms with van der Waals surface area (Å²) in [5.41, 5.74) is 13.2. The van der Waals surface area contributed by atoms with Crippen molar-refractivity contribution in [2.75, 3.05) is 7.11 Å². The number of para-hydroxylation sites is 4. The molecule has 6 nitrogen and oxygen atoms in total. The first-order valence-electron chi connectivity index (χ1n) is 21.1. The van der Waals surface area contributed by atoms with Gasteiger partial charge in [0.05, 0.1) is 56.6 Å². The molecule has 7 heteroatoms. The smallest absolute Gasteiger partial charge is 0.119 e. The fraction of sp³-hybridized carbons (Fsp3) is 0.0357. The van der Waals surface area contributed by atoms with Crippen LogP contribution in [0.4, 0.5) is 0 Å². The Morgan fingerprint density at radius 3 is 1.41 bits per heavy atom. The molecule has 13 aromatic rings. The van der Waals surface area contributed by atoms with Crippen molar-refractivity contribution >= 4 is 98.6 Å². The van der Waals surface area contributed by atoms with E-state index in [-0.39, 0.29) is 6.61 Å². The lowest BCUT2D eigenvalue weighted by atomic mass is 9.97. The predicted octanol–water partition coefficient (Wildman–Crippen LogP) is 14.2. The molecule has 298 valence electrons. The first-order chi connectivity index (χ1) is 31.1. The van der Waals surface area contributed by atoms with Crippen molar-refractivity contribution in [3.8, 4) is 38.0 Å². The average molecular weight is 829 g/mol. The molecule has 0 aliphatic carbocycles. The van der Waals surface area contributed by atoms with Crippen LogP contribution in [0.25, 0.3) is 119 Å². The van der Waals surface area contributed by atoms with Crippen molar-refractivity contribution in [1.29, 1.82) is 0 Å². The first kappa shape index (κ1) is 35.9. The molecule has 0 spiro atoms. The Kier molecular flexibility index (Phi) is 7.88. The molecule has 0 amide bonds. The molecule has 0 atom stereocenters. The topological polar surface area (TPSA) is 65.1 Å². The number of aromatic nitrogens is 4. The van der Waals surface area contributed by atoms with Crippen molar-refractivity contribution < 1.29 is 9.84 Å². The zero-order chi connectivity index (χ0) is 41.8. The van der Waals surface area contributed by atoms with Crippen LogP contribution >= 0.6 is 11.3 Å². The number of fused-ring (bicyclic) bond motifs is 13. The van der Waals surface area contributed by atoms with E-state index in [9.17, 15) is 5.11 Å². The lowest BCUT2D eigenvalue weighted by molar-refractivity contribution is 0.282. The molecule has 0 saturated carbocycles. The van der Waals surface area contributed by atoms with E-state index in [4.69, 9.17) is 14.7 Å². The second-order valence-electron chi connectivity index (χ2n) is 16.2. The number of thiophene rings is 1. The Labute approximate surface area is 365 Å². The molecule has 0 aliphatic rings. The maximum atomic E-state index is 10.2. The van der Waals surface area contributed by atoms with Gasteiger partial charge in [0.2, 0.25) is 0 Å². The lowest BCUT2D eigenvalue weighted by Crippen LogP contribution is -1.94. The summed E-state index contributed by atoms with van der Waals surface area (Å²) in [7, 11) is 1.69. The van der Waals surface area contributed by atoms with Crippen molar-refractivity contribution in [2.24, 2.45) is 0 Å². The third-order valence-corrected chi connectivity index (χ3v) is 14.0. The number of methoxy groups -OCH3 is 1. The minimum Gasteiger partial charge on any atom is -0.497 e. The van der Waals surface area contributed by atoms with E-state index in [1.807, 2.05) is 12.1 Å². The Balaban J connectivity index is 1.14. The molecular formula is C56H36N4O2S. The quantitative estimate of drug-likeness (QED) is 0.170. The van der Waals surface area contributed by atoms with Gasteiger partial charge in [-0.05, 0) is 100 Å². The zero-order valence-electron chi connectivity index (χ0n) is 34.1. The summed E-state index contributed by atoms with van der Waals surface area (Å²) in [6, 6.07) is 64.5. The maximum absolute atomic E-state index is 10.2. The van der Waals surface area contributed by atoms with Crippen LogP contribution in [0.1, 0.15) is 5.56 Å². The molecule has 1 N–H and O–H groups in total. The summed E-state index contributed by atoms with van der Waals surface area (Å²) < 4.78 is 10.5. The minimum absolute atomic E-state index is 0.0576. The molecule has 0 unspecified atom stereocenters. The number of benzene rings is 9. The highest BCUT2D eigenvalue weighted by atomic mass is 32.1. The second-order valence-corrected chi connectivity index (χ2v) is 17.2. The summed E-state index contributed by atoms with van der Waals surface area (Å²) in [5, 5.41) is 19.0. The summed E-state index contributed by atoms with van der Waals surface area (Å²) in [5.74, 6) is 0.760. The molecule has 13 rings (SSSR count). The monoisotopic (exact) mass is 828 g/mol. The van der Waals surface area contributed by atoms with Gasteiger partial charge in [-0.15, -0.1) is 11.3 Å². The summed E-state index contributed by atoms with van der Waals surface area (Å²) in [4.78, 5) is 13.5. The van der Waals surface area contributed by atoms with E-state index in [2.05, 4.69) is 179 Å². The van der Waals surface area contributed by atoms with Gasteiger partial charge in [0.25, 0.3) is 0 Å². The lowest BCUT2D eigenvalue weighted by Gasteiger charge is -2.12. The number of hydrogen-bond acceptors (Lipinski definition) is 5. The Morgan fingerprint density at radius 2 is 0.889 bits per heavy atom. The van der Waals surface area contributed by atoms with Crippen molar-refractivity contribution in [3.05, 3.63) is 188 Å². The van der Waals surface area contributed by atoms with Gasteiger partial charge in [0, 0.05) is 43.7 Å². The van der Waals surface area contributed by atoms with E-state index >= 15 is 0 Å². The van der Waals surface area contributed by atoms with Gasteiger partial charge in [-0.3, -0.25) is 0 Å².